The summed E-state index contributed by atoms with van der Waals surface area (Å²) in [4.78, 5) is 0.172. The average molecular weight is 352 g/mol. The molecule has 2 aromatic carbocycles. The minimum atomic E-state index is -3.72. The maximum Gasteiger partial charge on any atom is 0.264 e. The van der Waals surface area contributed by atoms with Gasteiger partial charge < -0.3 is 4.74 Å². The molecule has 0 aliphatic rings. The fourth-order valence-corrected chi connectivity index (χ4v) is 3.64. The van der Waals surface area contributed by atoms with Crippen LogP contribution in [0, 0.1) is 0 Å². The van der Waals surface area contributed by atoms with Gasteiger partial charge in [-0.15, -0.1) is 6.58 Å². The molecule has 0 amide bonds. The van der Waals surface area contributed by atoms with Crippen molar-refractivity contribution in [3.8, 4) is 5.75 Å². The first kappa shape index (κ1) is 17.4. The first-order valence-electron chi connectivity index (χ1n) is 7.11. The van der Waals surface area contributed by atoms with Crippen LogP contribution >= 0.6 is 11.6 Å². The number of rotatable bonds is 7. The summed E-state index contributed by atoms with van der Waals surface area (Å²) in [7, 11) is -3.72. The summed E-state index contributed by atoms with van der Waals surface area (Å²) in [6.07, 6.45) is 1.54. The van der Waals surface area contributed by atoms with Gasteiger partial charge in [-0.3, -0.25) is 4.31 Å². The summed E-state index contributed by atoms with van der Waals surface area (Å²) in [5.41, 5.74) is 0.519. The number of halogens is 1. The molecule has 6 heteroatoms. The predicted molar refractivity (Wildman–Crippen MR) is 93.8 cm³/mol. The summed E-state index contributed by atoms with van der Waals surface area (Å²) < 4.78 is 32.5. The van der Waals surface area contributed by atoms with E-state index < -0.39 is 10.0 Å². The van der Waals surface area contributed by atoms with Crippen LogP contribution in [0.4, 0.5) is 5.69 Å². The minimum Gasteiger partial charge on any atom is -0.494 e. The lowest BCUT2D eigenvalue weighted by molar-refractivity contribution is 0.340. The van der Waals surface area contributed by atoms with E-state index in [1.807, 2.05) is 6.92 Å². The van der Waals surface area contributed by atoms with E-state index >= 15 is 0 Å². The van der Waals surface area contributed by atoms with E-state index in [1.165, 1.54) is 16.4 Å². The van der Waals surface area contributed by atoms with Crippen molar-refractivity contribution in [2.24, 2.45) is 0 Å². The Morgan fingerprint density at radius 3 is 2.52 bits per heavy atom. The Balaban J connectivity index is 2.46. The Morgan fingerprint density at radius 2 is 1.91 bits per heavy atom. The van der Waals surface area contributed by atoms with E-state index in [0.717, 1.165) is 0 Å². The van der Waals surface area contributed by atoms with Crippen molar-refractivity contribution in [3.63, 3.8) is 0 Å². The number of benzene rings is 2. The van der Waals surface area contributed by atoms with E-state index in [0.29, 0.717) is 23.1 Å². The maximum absolute atomic E-state index is 12.9. The van der Waals surface area contributed by atoms with Gasteiger partial charge in [-0.05, 0) is 43.3 Å². The molecule has 23 heavy (non-hydrogen) atoms. The van der Waals surface area contributed by atoms with Crippen molar-refractivity contribution in [3.05, 3.63) is 66.2 Å². The summed E-state index contributed by atoms with van der Waals surface area (Å²) in [6.45, 7) is 6.18. The van der Waals surface area contributed by atoms with Gasteiger partial charge in [0.15, 0.2) is 0 Å². The van der Waals surface area contributed by atoms with Crippen LogP contribution in [-0.2, 0) is 10.0 Å². The molecule has 122 valence electrons. The van der Waals surface area contributed by atoms with Gasteiger partial charge in [-0.1, -0.05) is 23.7 Å². The van der Waals surface area contributed by atoms with Crippen molar-refractivity contribution in [1.82, 2.24) is 0 Å². The van der Waals surface area contributed by atoms with E-state index in [1.54, 1.807) is 42.5 Å². The number of hydrogen-bond donors (Lipinski definition) is 0. The second-order valence-corrected chi connectivity index (χ2v) is 7.01. The molecule has 2 rings (SSSR count). The second kappa shape index (κ2) is 7.53. The highest BCUT2D eigenvalue weighted by molar-refractivity contribution is 7.92. The molecule has 0 N–H and O–H groups in total. The van der Waals surface area contributed by atoms with E-state index in [-0.39, 0.29) is 11.4 Å². The van der Waals surface area contributed by atoms with Crippen molar-refractivity contribution in [2.75, 3.05) is 17.5 Å². The number of ether oxygens (including phenoxy) is 1. The Labute approximate surface area is 142 Å². The van der Waals surface area contributed by atoms with Crippen LogP contribution in [0.5, 0.6) is 5.75 Å². The molecule has 0 atom stereocenters. The maximum atomic E-state index is 12.9. The van der Waals surface area contributed by atoms with E-state index in [9.17, 15) is 8.42 Å². The van der Waals surface area contributed by atoms with Crippen molar-refractivity contribution < 1.29 is 13.2 Å². The fourth-order valence-electron chi connectivity index (χ4n) is 2.09. The van der Waals surface area contributed by atoms with Gasteiger partial charge in [0.2, 0.25) is 0 Å². The zero-order chi connectivity index (χ0) is 16.9. The van der Waals surface area contributed by atoms with Crippen LogP contribution in [0.3, 0.4) is 0 Å². The molecule has 0 heterocycles. The lowest BCUT2D eigenvalue weighted by atomic mass is 10.3. The highest BCUT2D eigenvalue weighted by Gasteiger charge is 2.24. The van der Waals surface area contributed by atoms with Gasteiger partial charge in [0, 0.05) is 11.1 Å². The molecular weight excluding hydrogens is 334 g/mol. The molecule has 0 fully saturated rings. The molecule has 0 saturated carbocycles. The van der Waals surface area contributed by atoms with Crippen LogP contribution in [-0.4, -0.2) is 21.6 Å². The first-order chi connectivity index (χ1) is 11.0. The SMILES string of the molecule is C=CCN(c1cccc(OCC)c1)S(=O)(=O)c1ccc(Cl)cc1. The van der Waals surface area contributed by atoms with Crippen LogP contribution in [0.2, 0.25) is 5.02 Å². The molecule has 0 aromatic heterocycles. The third-order valence-corrected chi connectivity index (χ3v) is 5.17. The average Bonchev–Trinajstić information content (AvgIpc) is 2.53. The third-order valence-electron chi connectivity index (χ3n) is 3.11. The van der Waals surface area contributed by atoms with Gasteiger partial charge in [0.25, 0.3) is 10.0 Å². The fraction of sp³-hybridized carbons (Fsp3) is 0.176. The van der Waals surface area contributed by atoms with Crippen LogP contribution in [0.1, 0.15) is 6.92 Å². The van der Waals surface area contributed by atoms with Gasteiger partial charge in [0.1, 0.15) is 5.75 Å². The van der Waals surface area contributed by atoms with E-state index in [2.05, 4.69) is 6.58 Å². The highest BCUT2D eigenvalue weighted by atomic mass is 35.5. The Hall–Kier alpha value is -1.98. The summed E-state index contributed by atoms with van der Waals surface area (Å²) in [6, 6.07) is 13.0. The molecule has 0 radical (unpaired) electrons. The van der Waals surface area contributed by atoms with Crippen LogP contribution in [0.25, 0.3) is 0 Å². The van der Waals surface area contributed by atoms with Gasteiger partial charge in [-0.2, -0.15) is 0 Å². The lowest BCUT2D eigenvalue weighted by Gasteiger charge is -2.23. The molecule has 0 saturated heterocycles. The summed E-state index contributed by atoms with van der Waals surface area (Å²) >= 11 is 5.83. The zero-order valence-corrected chi connectivity index (χ0v) is 14.3. The molecule has 0 aliphatic heterocycles. The Bertz CT molecular complexity index is 773. The third kappa shape index (κ3) is 4.06. The number of hydrogen-bond acceptors (Lipinski definition) is 3. The van der Waals surface area contributed by atoms with Crippen molar-refractivity contribution in [2.45, 2.75) is 11.8 Å². The summed E-state index contributed by atoms with van der Waals surface area (Å²) in [5, 5.41) is 0.484. The zero-order valence-electron chi connectivity index (χ0n) is 12.8. The smallest absolute Gasteiger partial charge is 0.264 e. The molecule has 0 aliphatic carbocycles. The van der Waals surface area contributed by atoms with Crippen LogP contribution < -0.4 is 9.04 Å². The summed E-state index contributed by atoms with van der Waals surface area (Å²) in [5.74, 6) is 0.616. The number of anilines is 1. The molecule has 0 bridgehead atoms. The van der Waals surface area contributed by atoms with Crippen molar-refractivity contribution in [1.29, 1.82) is 0 Å². The molecule has 0 spiro atoms. The van der Waals surface area contributed by atoms with Gasteiger partial charge in [0.05, 0.1) is 23.7 Å². The Kier molecular flexibility index (Phi) is 5.69. The Morgan fingerprint density at radius 1 is 1.22 bits per heavy atom. The topological polar surface area (TPSA) is 46.6 Å². The minimum absolute atomic E-state index is 0.153. The standard InChI is InChI=1S/C17H18ClNO3S/c1-3-12-19(15-6-5-7-16(13-15)22-4-2)23(20,21)17-10-8-14(18)9-11-17/h3,5-11,13H,1,4,12H2,2H3. The lowest BCUT2D eigenvalue weighted by Crippen LogP contribution is -2.31. The van der Waals surface area contributed by atoms with E-state index in [4.69, 9.17) is 16.3 Å². The molecule has 2 aromatic rings. The first-order valence-corrected chi connectivity index (χ1v) is 8.93. The van der Waals surface area contributed by atoms with Crippen LogP contribution in [0.15, 0.2) is 66.1 Å². The van der Waals surface area contributed by atoms with Gasteiger partial charge in [-0.25, -0.2) is 8.42 Å². The highest BCUT2D eigenvalue weighted by Crippen LogP contribution is 2.27. The molecule has 4 nitrogen and oxygen atoms in total. The second-order valence-electron chi connectivity index (χ2n) is 4.71. The van der Waals surface area contributed by atoms with Crippen molar-refractivity contribution >= 4 is 27.3 Å². The predicted octanol–water partition coefficient (Wildman–Crippen LogP) is 4.12. The normalized spacial score (nSPS) is 11.0. The largest absolute Gasteiger partial charge is 0.494 e. The number of nitrogens with zero attached hydrogens (tertiary/aromatic N) is 1. The quantitative estimate of drug-likeness (QED) is 0.705. The number of sulfonamides is 1. The molecule has 0 unspecified atom stereocenters. The molecular formula is C17H18ClNO3S. The monoisotopic (exact) mass is 351 g/mol. The van der Waals surface area contributed by atoms with Gasteiger partial charge >= 0.3 is 0 Å².